The minimum absolute atomic E-state index is 0.0663. The van der Waals surface area contributed by atoms with Gasteiger partial charge in [0.1, 0.15) is 5.75 Å². The van der Waals surface area contributed by atoms with Crippen LogP contribution in [0.2, 0.25) is 0 Å². The number of carbonyl (C=O) groups excluding carboxylic acids is 1. The maximum Gasteiger partial charge on any atom is 0.224 e. The Morgan fingerprint density at radius 2 is 2.05 bits per heavy atom. The summed E-state index contributed by atoms with van der Waals surface area (Å²) in [7, 11) is 3.68. The fourth-order valence-corrected chi connectivity index (χ4v) is 2.52. The van der Waals surface area contributed by atoms with E-state index in [-0.39, 0.29) is 5.91 Å². The Balaban J connectivity index is 1.84. The summed E-state index contributed by atoms with van der Waals surface area (Å²) in [5, 5.41) is 2.98. The highest BCUT2D eigenvalue weighted by molar-refractivity contribution is 5.78. The Morgan fingerprint density at radius 3 is 2.68 bits per heavy atom. The van der Waals surface area contributed by atoms with Crippen LogP contribution < -0.4 is 10.1 Å². The van der Waals surface area contributed by atoms with Crippen LogP contribution in [-0.2, 0) is 24.7 Å². The third-order valence-corrected chi connectivity index (χ3v) is 4.10. The number of nitrogens with one attached hydrogen (secondary N) is 1. The van der Waals surface area contributed by atoms with E-state index in [9.17, 15) is 4.79 Å². The zero-order valence-corrected chi connectivity index (χ0v) is 13.8. The van der Waals surface area contributed by atoms with Gasteiger partial charge in [0.2, 0.25) is 5.91 Å². The fraction of sp³-hybridized carbons (Fsp3) is 0.389. The average Bonchev–Trinajstić information content (AvgIpc) is 2.75. The normalized spacial score (nSPS) is 10.5. The molecule has 0 aliphatic heterocycles. The molecule has 1 heterocycles. The number of amides is 1. The molecule has 1 N–H and O–H groups in total. The number of hydrogen-bond acceptors (Lipinski definition) is 2. The van der Waals surface area contributed by atoms with Crippen LogP contribution in [0.15, 0.2) is 30.3 Å². The van der Waals surface area contributed by atoms with Gasteiger partial charge in [0.15, 0.2) is 0 Å². The number of nitrogens with zero attached hydrogens (tertiary/aromatic N) is 1. The SMILES string of the molecule is COc1cccc(CCNC(=O)Cc2cc(C)n(C)c2C)c1. The molecule has 118 valence electrons. The van der Waals surface area contributed by atoms with Gasteiger partial charge < -0.3 is 14.6 Å². The van der Waals surface area contributed by atoms with Crippen molar-refractivity contribution in [3.05, 3.63) is 52.8 Å². The molecule has 0 saturated carbocycles. The van der Waals surface area contributed by atoms with E-state index in [2.05, 4.69) is 22.9 Å². The molecule has 0 spiro atoms. The summed E-state index contributed by atoms with van der Waals surface area (Å²) in [6.45, 7) is 4.74. The molecule has 0 saturated heterocycles. The maximum absolute atomic E-state index is 12.1. The van der Waals surface area contributed by atoms with Gasteiger partial charge in [0.05, 0.1) is 13.5 Å². The van der Waals surface area contributed by atoms with E-state index in [1.54, 1.807) is 7.11 Å². The first-order chi connectivity index (χ1) is 10.5. The van der Waals surface area contributed by atoms with Crippen LogP contribution in [0, 0.1) is 13.8 Å². The highest BCUT2D eigenvalue weighted by Gasteiger charge is 2.10. The molecule has 22 heavy (non-hydrogen) atoms. The van der Waals surface area contributed by atoms with Crippen LogP contribution in [0.5, 0.6) is 5.75 Å². The molecule has 2 rings (SSSR count). The number of carbonyl (C=O) groups is 1. The molecule has 0 atom stereocenters. The lowest BCUT2D eigenvalue weighted by Crippen LogP contribution is -2.27. The Morgan fingerprint density at radius 1 is 1.27 bits per heavy atom. The molecule has 0 fully saturated rings. The van der Waals surface area contributed by atoms with Crippen molar-refractivity contribution in [3.63, 3.8) is 0 Å². The van der Waals surface area contributed by atoms with Crippen molar-refractivity contribution < 1.29 is 9.53 Å². The van der Waals surface area contributed by atoms with E-state index in [4.69, 9.17) is 4.74 Å². The van der Waals surface area contributed by atoms with Gasteiger partial charge in [-0.05, 0) is 49.6 Å². The summed E-state index contributed by atoms with van der Waals surface area (Å²) in [6.07, 6.45) is 1.24. The Kier molecular flexibility index (Phi) is 5.26. The number of methoxy groups -OCH3 is 1. The van der Waals surface area contributed by atoms with E-state index >= 15 is 0 Å². The molecule has 4 nitrogen and oxygen atoms in total. The quantitative estimate of drug-likeness (QED) is 0.891. The van der Waals surface area contributed by atoms with Crippen LogP contribution >= 0.6 is 0 Å². The standard InChI is InChI=1S/C18H24N2O2/c1-13-10-16(14(2)20(13)3)12-18(21)19-9-8-15-6-5-7-17(11-15)22-4/h5-7,10-11H,8-9,12H2,1-4H3,(H,19,21). The lowest BCUT2D eigenvalue weighted by molar-refractivity contribution is -0.120. The van der Waals surface area contributed by atoms with Gasteiger partial charge in [-0.1, -0.05) is 12.1 Å². The topological polar surface area (TPSA) is 43.3 Å². The van der Waals surface area contributed by atoms with Crippen molar-refractivity contribution >= 4 is 5.91 Å². The van der Waals surface area contributed by atoms with E-state index < -0.39 is 0 Å². The van der Waals surface area contributed by atoms with E-state index in [0.29, 0.717) is 13.0 Å². The van der Waals surface area contributed by atoms with Crippen molar-refractivity contribution in [2.24, 2.45) is 7.05 Å². The fourth-order valence-electron chi connectivity index (χ4n) is 2.52. The molecule has 4 heteroatoms. The average molecular weight is 300 g/mol. The molecular weight excluding hydrogens is 276 g/mol. The zero-order valence-electron chi connectivity index (χ0n) is 13.8. The molecule has 1 aromatic carbocycles. The predicted octanol–water partition coefficient (Wildman–Crippen LogP) is 2.55. The smallest absolute Gasteiger partial charge is 0.224 e. The summed E-state index contributed by atoms with van der Waals surface area (Å²) in [4.78, 5) is 12.1. The van der Waals surface area contributed by atoms with E-state index in [0.717, 1.165) is 29.0 Å². The first-order valence-corrected chi connectivity index (χ1v) is 7.52. The van der Waals surface area contributed by atoms with Gasteiger partial charge in [0, 0.05) is 25.0 Å². The van der Waals surface area contributed by atoms with Gasteiger partial charge in [-0.15, -0.1) is 0 Å². The molecule has 0 bridgehead atoms. The van der Waals surface area contributed by atoms with Gasteiger partial charge in [-0.25, -0.2) is 0 Å². The minimum Gasteiger partial charge on any atom is -0.497 e. The molecule has 1 aromatic heterocycles. The number of hydrogen-bond donors (Lipinski definition) is 1. The van der Waals surface area contributed by atoms with Crippen LogP contribution in [-0.4, -0.2) is 24.1 Å². The number of aromatic nitrogens is 1. The molecule has 0 aliphatic rings. The third-order valence-electron chi connectivity index (χ3n) is 4.10. The van der Waals surface area contributed by atoms with Crippen molar-refractivity contribution in [2.45, 2.75) is 26.7 Å². The molecule has 2 aromatic rings. The summed E-state index contributed by atoms with van der Waals surface area (Å²) in [5.41, 5.74) is 4.59. The van der Waals surface area contributed by atoms with E-state index in [1.165, 1.54) is 5.69 Å². The Labute approximate surface area is 132 Å². The van der Waals surface area contributed by atoms with Crippen molar-refractivity contribution in [1.82, 2.24) is 9.88 Å². The Hall–Kier alpha value is -2.23. The number of benzene rings is 1. The third kappa shape index (κ3) is 3.91. The largest absolute Gasteiger partial charge is 0.497 e. The summed E-state index contributed by atoms with van der Waals surface area (Å²) < 4.78 is 7.31. The number of rotatable bonds is 6. The van der Waals surface area contributed by atoms with Gasteiger partial charge >= 0.3 is 0 Å². The summed E-state index contributed by atoms with van der Waals surface area (Å²) in [6, 6.07) is 10.0. The molecule has 1 amide bonds. The predicted molar refractivity (Wildman–Crippen MR) is 88.3 cm³/mol. The second-order valence-corrected chi connectivity index (χ2v) is 5.58. The second kappa shape index (κ2) is 7.16. The zero-order chi connectivity index (χ0) is 16.1. The molecule has 0 unspecified atom stereocenters. The molecular formula is C18H24N2O2. The highest BCUT2D eigenvalue weighted by atomic mass is 16.5. The number of ether oxygens (including phenoxy) is 1. The Bertz CT molecular complexity index is 659. The lowest BCUT2D eigenvalue weighted by atomic mass is 10.1. The van der Waals surface area contributed by atoms with Crippen LogP contribution in [0.25, 0.3) is 0 Å². The van der Waals surface area contributed by atoms with Crippen molar-refractivity contribution in [3.8, 4) is 5.75 Å². The maximum atomic E-state index is 12.1. The van der Waals surface area contributed by atoms with Crippen molar-refractivity contribution in [1.29, 1.82) is 0 Å². The van der Waals surface area contributed by atoms with Gasteiger partial charge in [-0.3, -0.25) is 4.79 Å². The van der Waals surface area contributed by atoms with Gasteiger partial charge in [-0.2, -0.15) is 0 Å². The van der Waals surface area contributed by atoms with Crippen LogP contribution in [0.3, 0.4) is 0 Å². The molecule has 0 aliphatic carbocycles. The lowest BCUT2D eigenvalue weighted by Gasteiger charge is -2.07. The van der Waals surface area contributed by atoms with Crippen LogP contribution in [0.1, 0.15) is 22.5 Å². The summed E-state index contributed by atoms with van der Waals surface area (Å²) in [5.74, 6) is 0.913. The van der Waals surface area contributed by atoms with Crippen LogP contribution in [0.4, 0.5) is 0 Å². The van der Waals surface area contributed by atoms with Gasteiger partial charge in [0.25, 0.3) is 0 Å². The molecule has 0 radical (unpaired) electrons. The van der Waals surface area contributed by atoms with Crippen molar-refractivity contribution in [2.75, 3.05) is 13.7 Å². The first kappa shape index (κ1) is 16.1. The first-order valence-electron chi connectivity index (χ1n) is 7.52. The minimum atomic E-state index is 0.0663. The highest BCUT2D eigenvalue weighted by Crippen LogP contribution is 2.14. The summed E-state index contributed by atoms with van der Waals surface area (Å²) >= 11 is 0. The monoisotopic (exact) mass is 300 g/mol. The second-order valence-electron chi connectivity index (χ2n) is 5.58. The van der Waals surface area contributed by atoms with E-state index in [1.807, 2.05) is 38.2 Å². The number of aryl methyl sites for hydroxylation is 1.